The van der Waals surface area contributed by atoms with Crippen molar-refractivity contribution in [3.8, 4) is 0 Å². The van der Waals surface area contributed by atoms with Gasteiger partial charge in [-0.1, -0.05) is 6.58 Å². The fourth-order valence-corrected chi connectivity index (χ4v) is 0.858. The summed E-state index contributed by atoms with van der Waals surface area (Å²) in [4.78, 5) is 30.9. The summed E-state index contributed by atoms with van der Waals surface area (Å²) in [6, 6.07) is 0. The molecule has 0 amide bonds. The molecule has 8 nitrogen and oxygen atoms in total. The van der Waals surface area contributed by atoms with E-state index in [0.29, 0.717) is 0 Å². The van der Waals surface area contributed by atoms with Crippen LogP contribution in [-0.2, 0) is 33.8 Å². The van der Waals surface area contributed by atoms with E-state index in [1.807, 2.05) is 0 Å². The molecule has 0 spiro atoms. The molecule has 0 aromatic rings. The van der Waals surface area contributed by atoms with Crippen LogP contribution in [0.1, 0.15) is 34.6 Å². The Morgan fingerprint density at radius 1 is 1.00 bits per heavy atom. The fourth-order valence-electron chi connectivity index (χ4n) is 0.858. The highest BCUT2D eigenvalue weighted by Gasteiger charge is 2.18. The summed E-state index contributed by atoms with van der Waals surface area (Å²) in [5.74, 6) is -0.610. The van der Waals surface area contributed by atoms with E-state index in [0.717, 1.165) is 0 Å². The number of ether oxygens (including phenoxy) is 3. The minimum absolute atomic E-state index is 0.229. The van der Waals surface area contributed by atoms with Gasteiger partial charge in [0.25, 0.3) is 0 Å². The van der Waals surface area contributed by atoms with Crippen molar-refractivity contribution in [1.29, 1.82) is 0 Å². The molecule has 0 aromatic heterocycles. The summed E-state index contributed by atoms with van der Waals surface area (Å²) in [7, 11) is 0. The van der Waals surface area contributed by atoms with E-state index in [9.17, 15) is 9.59 Å². The molecular formula is C12H20O8. The molecule has 0 aromatic carbocycles. The SMILES string of the molecule is C=C(C)C(=O)OC(C)OC(C)OC(=O)OOOC(C)C. The van der Waals surface area contributed by atoms with Crippen molar-refractivity contribution in [2.24, 2.45) is 0 Å². The van der Waals surface area contributed by atoms with E-state index in [1.54, 1.807) is 13.8 Å². The number of carbonyl (C=O) groups excluding carboxylic acids is 2. The Labute approximate surface area is 117 Å². The maximum Gasteiger partial charge on any atom is 0.544 e. The van der Waals surface area contributed by atoms with E-state index in [-0.39, 0.29) is 11.7 Å². The van der Waals surface area contributed by atoms with Crippen molar-refractivity contribution in [2.75, 3.05) is 0 Å². The molecule has 0 aliphatic heterocycles. The molecule has 8 heteroatoms. The van der Waals surface area contributed by atoms with Gasteiger partial charge in [-0.3, -0.25) is 0 Å². The van der Waals surface area contributed by atoms with E-state index >= 15 is 0 Å². The minimum Gasteiger partial charge on any atom is -0.433 e. The molecule has 0 bridgehead atoms. The van der Waals surface area contributed by atoms with Gasteiger partial charge in [0.05, 0.1) is 6.10 Å². The molecule has 0 radical (unpaired) electrons. The molecule has 0 aliphatic rings. The Hall–Kier alpha value is -1.64. The van der Waals surface area contributed by atoms with Crippen LogP contribution in [0, 0.1) is 0 Å². The van der Waals surface area contributed by atoms with Crippen molar-refractivity contribution >= 4 is 12.1 Å². The molecule has 2 atom stereocenters. The van der Waals surface area contributed by atoms with E-state index < -0.39 is 24.7 Å². The second kappa shape index (κ2) is 9.29. The van der Waals surface area contributed by atoms with Gasteiger partial charge in [-0.05, 0) is 39.7 Å². The lowest BCUT2D eigenvalue weighted by molar-refractivity contribution is -0.499. The number of rotatable bonds is 8. The Morgan fingerprint density at radius 2 is 1.55 bits per heavy atom. The third-order valence-corrected chi connectivity index (χ3v) is 1.60. The van der Waals surface area contributed by atoms with E-state index in [1.165, 1.54) is 20.8 Å². The van der Waals surface area contributed by atoms with Crippen molar-refractivity contribution in [3.63, 3.8) is 0 Å². The summed E-state index contributed by atoms with van der Waals surface area (Å²) in [5.41, 5.74) is 0.229. The molecule has 20 heavy (non-hydrogen) atoms. The quantitative estimate of drug-likeness (QED) is 0.221. The highest BCUT2D eigenvalue weighted by atomic mass is 17.5. The predicted octanol–water partition coefficient (Wildman–Crippen LogP) is 2.24. The summed E-state index contributed by atoms with van der Waals surface area (Å²) in [5, 5.41) is 4.13. The monoisotopic (exact) mass is 292 g/mol. The van der Waals surface area contributed by atoms with Crippen LogP contribution >= 0.6 is 0 Å². The van der Waals surface area contributed by atoms with E-state index in [2.05, 4.69) is 26.1 Å². The van der Waals surface area contributed by atoms with Gasteiger partial charge in [0.1, 0.15) is 0 Å². The van der Waals surface area contributed by atoms with Gasteiger partial charge in [-0.25, -0.2) is 14.5 Å². The highest BCUT2D eigenvalue weighted by molar-refractivity contribution is 5.86. The van der Waals surface area contributed by atoms with Crippen molar-refractivity contribution < 1.29 is 38.6 Å². The molecule has 116 valence electrons. The van der Waals surface area contributed by atoms with Crippen LogP contribution < -0.4 is 0 Å². The molecule has 2 unspecified atom stereocenters. The van der Waals surface area contributed by atoms with Crippen LogP contribution in [0.15, 0.2) is 12.2 Å². The predicted molar refractivity (Wildman–Crippen MR) is 65.8 cm³/mol. The summed E-state index contributed by atoms with van der Waals surface area (Å²) >= 11 is 0. The van der Waals surface area contributed by atoms with E-state index in [4.69, 9.17) is 9.47 Å². The van der Waals surface area contributed by atoms with Crippen LogP contribution in [0.5, 0.6) is 0 Å². The number of hydrogen-bond donors (Lipinski definition) is 0. The second-order valence-electron chi connectivity index (χ2n) is 4.12. The lowest BCUT2D eigenvalue weighted by atomic mass is 10.4. The Morgan fingerprint density at radius 3 is 2.05 bits per heavy atom. The zero-order chi connectivity index (χ0) is 15.7. The average Bonchev–Trinajstić information content (AvgIpc) is 2.27. The average molecular weight is 292 g/mol. The third-order valence-electron chi connectivity index (χ3n) is 1.60. The van der Waals surface area contributed by atoms with Gasteiger partial charge in [0.15, 0.2) is 0 Å². The normalized spacial score (nSPS) is 13.5. The number of hydrogen-bond acceptors (Lipinski definition) is 8. The van der Waals surface area contributed by atoms with Gasteiger partial charge in [-0.15, -0.1) is 0 Å². The topological polar surface area (TPSA) is 89.5 Å². The third kappa shape index (κ3) is 9.31. The maximum absolute atomic E-state index is 11.2. The second-order valence-corrected chi connectivity index (χ2v) is 4.12. The lowest BCUT2D eigenvalue weighted by Crippen LogP contribution is -2.27. The first-order valence-electron chi connectivity index (χ1n) is 5.95. The van der Waals surface area contributed by atoms with Crippen LogP contribution in [0.25, 0.3) is 0 Å². The molecular weight excluding hydrogens is 272 g/mol. The van der Waals surface area contributed by atoms with Crippen LogP contribution in [0.2, 0.25) is 0 Å². The van der Waals surface area contributed by atoms with Gasteiger partial charge in [0.2, 0.25) is 12.6 Å². The van der Waals surface area contributed by atoms with Crippen LogP contribution in [-0.4, -0.2) is 30.8 Å². The standard InChI is InChI=1S/C12H20O8/c1-7(2)11(13)16-9(5)15-10(6)17-12(14)19-20-18-8(3)4/h8-10H,1H2,2-6H3. The molecule has 0 N–H and O–H groups in total. The summed E-state index contributed by atoms with van der Waals surface area (Å²) in [6.45, 7) is 11.1. The van der Waals surface area contributed by atoms with Crippen LogP contribution in [0.3, 0.4) is 0 Å². The first-order valence-corrected chi connectivity index (χ1v) is 5.95. The number of carbonyl (C=O) groups is 2. The minimum atomic E-state index is -1.16. The molecule has 0 heterocycles. The summed E-state index contributed by atoms with van der Waals surface area (Å²) in [6.07, 6.45) is -3.37. The summed E-state index contributed by atoms with van der Waals surface area (Å²) < 4.78 is 14.5. The van der Waals surface area contributed by atoms with Gasteiger partial charge >= 0.3 is 12.1 Å². The molecule has 0 fully saturated rings. The maximum atomic E-state index is 11.2. The molecule has 0 saturated carbocycles. The van der Waals surface area contributed by atoms with Crippen molar-refractivity contribution in [2.45, 2.75) is 53.3 Å². The molecule has 0 saturated heterocycles. The van der Waals surface area contributed by atoms with Crippen LogP contribution in [0.4, 0.5) is 4.79 Å². The fraction of sp³-hybridized carbons (Fsp3) is 0.667. The first-order chi connectivity index (χ1) is 9.22. The number of esters is 1. The Kier molecular flexibility index (Phi) is 8.53. The molecule has 0 rings (SSSR count). The van der Waals surface area contributed by atoms with Gasteiger partial charge in [-0.2, -0.15) is 4.89 Å². The first kappa shape index (κ1) is 18.4. The molecule has 0 aliphatic carbocycles. The van der Waals surface area contributed by atoms with Gasteiger partial charge < -0.3 is 14.2 Å². The Balaban J connectivity index is 3.91. The van der Waals surface area contributed by atoms with Crippen molar-refractivity contribution in [3.05, 3.63) is 12.2 Å². The van der Waals surface area contributed by atoms with Gasteiger partial charge in [0, 0.05) is 5.57 Å². The Bertz CT molecular complexity index is 338. The lowest BCUT2D eigenvalue weighted by Gasteiger charge is -2.18. The smallest absolute Gasteiger partial charge is 0.433 e. The largest absolute Gasteiger partial charge is 0.544 e. The zero-order valence-corrected chi connectivity index (χ0v) is 12.2. The van der Waals surface area contributed by atoms with Crippen molar-refractivity contribution in [1.82, 2.24) is 0 Å². The highest BCUT2D eigenvalue weighted by Crippen LogP contribution is 2.06. The zero-order valence-electron chi connectivity index (χ0n) is 12.2.